The fraction of sp³-hybridized carbons (Fsp3) is 0. The standard InChI is InChI=1S/C21H14N4O.2ClHO4.Mn/c26-21(19-11-5-9-17(24-19)15-7-1-3-13-22-15)20-12-6-10-18(25-20)16-8-2-4-14-23-16;2*2-1(3,4)5;/h1-14H;2*(H,2,3,4,5);/q;;;+2/p-2. The number of hydrogen-bond donors (Lipinski definition) is 0. The van der Waals surface area contributed by atoms with Crippen LogP contribution in [0.3, 0.4) is 0 Å². The summed E-state index contributed by atoms with van der Waals surface area (Å²) in [5, 5.41) is 0. The molecule has 0 atom stereocenters. The molecule has 37 heavy (non-hydrogen) atoms. The number of aromatic nitrogens is 4. The maximum Gasteiger partial charge on any atom is 2.00 e. The first-order valence-electron chi connectivity index (χ1n) is 9.36. The second kappa shape index (κ2) is 14.7. The Labute approximate surface area is 224 Å². The van der Waals surface area contributed by atoms with E-state index in [9.17, 15) is 4.79 Å². The molecular formula is C21H14Cl2MnN4O9. The zero-order chi connectivity index (χ0) is 26.8. The first kappa shape index (κ1) is 32.1. The van der Waals surface area contributed by atoms with Gasteiger partial charge in [0.05, 0.1) is 22.8 Å². The molecule has 193 valence electrons. The van der Waals surface area contributed by atoms with Gasteiger partial charge in [-0.25, -0.2) is 47.2 Å². The van der Waals surface area contributed by atoms with E-state index < -0.39 is 20.5 Å². The predicted molar refractivity (Wildman–Crippen MR) is 98.4 cm³/mol. The molecule has 0 amide bonds. The van der Waals surface area contributed by atoms with Crippen molar-refractivity contribution in [1.29, 1.82) is 0 Å². The average Bonchev–Trinajstić information content (AvgIpc) is 2.83. The minimum absolute atomic E-state index is 0. The Bertz CT molecular complexity index is 1150. The first-order valence-corrected chi connectivity index (χ1v) is 11.8. The number of hydrogen-bond acceptors (Lipinski definition) is 13. The predicted octanol–water partition coefficient (Wildman–Crippen LogP) is -5.68. The Morgan fingerprint density at radius 1 is 0.514 bits per heavy atom. The normalized spacial score (nSPS) is 10.6. The van der Waals surface area contributed by atoms with Crippen LogP contribution in [0.1, 0.15) is 16.2 Å². The molecular weight excluding hydrogens is 578 g/mol. The smallest absolute Gasteiger partial charge is 0.285 e. The van der Waals surface area contributed by atoms with Gasteiger partial charge in [-0.1, -0.05) is 24.3 Å². The molecule has 1 radical (unpaired) electrons. The zero-order valence-corrected chi connectivity index (χ0v) is 20.9. The van der Waals surface area contributed by atoms with E-state index in [0.717, 1.165) is 11.4 Å². The topological polar surface area (TPSA) is 253 Å². The van der Waals surface area contributed by atoms with Crippen LogP contribution in [0.2, 0.25) is 0 Å². The number of carbonyl (C=O) groups excluding carboxylic acids is 1. The van der Waals surface area contributed by atoms with E-state index in [2.05, 4.69) is 19.9 Å². The van der Waals surface area contributed by atoms with Crippen molar-refractivity contribution in [2.24, 2.45) is 0 Å². The molecule has 0 saturated heterocycles. The summed E-state index contributed by atoms with van der Waals surface area (Å²) in [6, 6.07) is 21.8. The Balaban J connectivity index is 0.000000534. The number of rotatable bonds is 4. The van der Waals surface area contributed by atoms with E-state index in [1.54, 1.807) is 36.7 Å². The molecule has 0 aliphatic heterocycles. The fourth-order valence-electron chi connectivity index (χ4n) is 2.57. The molecule has 0 N–H and O–H groups in total. The van der Waals surface area contributed by atoms with Gasteiger partial charge in [-0.15, -0.1) is 20.5 Å². The van der Waals surface area contributed by atoms with E-state index in [0.29, 0.717) is 22.8 Å². The van der Waals surface area contributed by atoms with Crippen LogP contribution in [0.5, 0.6) is 0 Å². The minimum atomic E-state index is -4.94. The summed E-state index contributed by atoms with van der Waals surface area (Å²) in [4.78, 5) is 30.3. The Kier molecular flexibility index (Phi) is 12.7. The van der Waals surface area contributed by atoms with Gasteiger partial charge < -0.3 is 0 Å². The molecule has 0 bridgehead atoms. The third-order valence-corrected chi connectivity index (χ3v) is 3.82. The second-order valence-electron chi connectivity index (χ2n) is 6.33. The SMILES string of the molecule is O=C(c1cccc(-c2ccccn2)n1)c1cccc(-c2ccccn2)n1.[Mn+2].[O-][Cl+3]([O-])([O-])[O-].[O-][Cl+3]([O-])([O-])[O-]. The molecule has 0 aromatic carbocycles. The van der Waals surface area contributed by atoms with Crippen molar-refractivity contribution in [2.75, 3.05) is 0 Å². The molecule has 4 heterocycles. The molecule has 4 aromatic heterocycles. The molecule has 0 spiro atoms. The number of nitrogens with zero attached hydrogens (tertiary/aromatic N) is 4. The summed E-state index contributed by atoms with van der Waals surface area (Å²) in [5.41, 5.74) is 3.40. The molecule has 0 fully saturated rings. The number of halogens is 2. The quantitative estimate of drug-likeness (QED) is 0.158. The van der Waals surface area contributed by atoms with Crippen molar-refractivity contribution in [1.82, 2.24) is 19.9 Å². The molecule has 0 aliphatic rings. The summed E-state index contributed by atoms with van der Waals surface area (Å²) in [5.74, 6) is -0.236. The van der Waals surface area contributed by atoms with Crippen LogP contribution in [0.4, 0.5) is 0 Å². The summed E-state index contributed by atoms with van der Waals surface area (Å²) in [6.07, 6.45) is 3.40. The van der Waals surface area contributed by atoms with E-state index >= 15 is 0 Å². The van der Waals surface area contributed by atoms with Gasteiger partial charge in [-0.3, -0.25) is 14.8 Å². The molecule has 4 aromatic rings. The third-order valence-electron chi connectivity index (χ3n) is 3.82. The van der Waals surface area contributed by atoms with Gasteiger partial charge in [0.15, 0.2) is 0 Å². The van der Waals surface area contributed by atoms with Gasteiger partial charge in [0.1, 0.15) is 11.4 Å². The van der Waals surface area contributed by atoms with Crippen LogP contribution in [-0.2, 0) is 17.1 Å². The number of pyridine rings is 4. The maximum atomic E-state index is 12.8. The second-order valence-corrected chi connectivity index (χ2v) is 7.84. The van der Waals surface area contributed by atoms with Gasteiger partial charge >= 0.3 is 17.1 Å². The van der Waals surface area contributed by atoms with Crippen molar-refractivity contribution in [3.05, 3.63) is 96.6 Å². The van der Waals surface area contributed by atoms with E-state index in [4.69, 9.17) is 37.3 Å². The van der Waals surface area contributed by atoms with Crippen molar-refractivity contribution in [3.63, 3.8) is 0 Å². The molecule has 16 heteroatoms. The largest absolute Gasteiger partial charge is 2.00 e. The van der Waals surface area contributed by atoms with Crippen LogP contribution in [-0.4, -0.2) is 25.7 Å². The third kappa shape index (κ3) is 13.2. The monoisotopic (exact) mass is 591 g/mol. The van der Waals surface area contributed by atoms with Crippen LogP contribution in [0.15, 0.2) is 85.2 Å². The van der Waals surface area contributed by atoms with Gasteiger partial charge in [-0.05, 0) is 48.5 Å². The van der Waals surface area contributed by atoms with Gasteiger partial charge in [0.2, 0.25) is 5.78 Å². The fourth-order valence-corrected chi connectivity index (χ4v) is 2.57. The number of ketones is 1. The van der Waals surface area contributed by atoms with Crippen LogP contribution in [0.25, 0.3) is 22.8 Å². The van der Waals surface area contributed by atoms with E-state index in [1.165, 1.54) is 0 Å². The number of carbonyl (C=O) groups is 1. The van der Waals surface area contributed by atoms with Crippen LogP contribution < -0.4 is 37.3 Å². The maximum absolute atomic E-state index is 12.8. The summed E-state index contributed by atoms with van der Waals surface area (Å²) in [6.45, 7) is 0. The van der Waals surface area contributed by atoms with E-state index in [-0.39, 0.29) is 22.9 Å². The van der Waals surface area contributed by atoms with Crippen molar-refractivity contribution in [2.45, 2.75) is 0 Å². The Morgan fingerprint density at radius 3 is 1.14 bits per heavy atom. The van der Waals surface area contributed by atoms with E-state index in [1.807, 2.05) is 48.5 Å². The molecule has 4 rings (SSSR count). The summed E-state index contributed by atoms with van der Waals surface area (Å²) >= 11 is 0. The van der Waals surface area contributed by atoms with Crippen molar-refractivity contribution < 1.29 is 79.6 Å². The molecule has 13 nitrogen and oxygen atoms in total. The average molecular weight is 592 g/mol. The van der Waals surface area contributed by atoms with Gasteiger partial charge in [0, 0.05) is 12.4 Å². The minimum Gasteiger partial charge on any atom is -0.285 e. The Hall–Kier alpha value is -2.95. The first-order chi connectivity index (χ1) is 16.8. The summed E-state index contributed by atoms with van der Waals surface area (Å²) < 4.78 is 67.9. The molecule has 0 unspecified atom stereocenters. The van der Waals surface area contributed by atoms with Crippen molar-refractivity contribution in [3.8, 4) is 22.8 Å². The molecule has 0 saturated carbocycles. The summed E-state index contributed by atoms with van der Waals surface area (Å²) in [7, 11) is -9.89. The van der Waals surface area contributed by atoms with Gasteiger partial charge in [0.25, 0.3) is 0 Å². The van der Waals surface area contributed by atoms with Crippen LogP contribution >= 0.6 is 0 Å². The zero-order valence-electron chi connectivity index (χ0n) is 18.2. The van der Waals surface area contributed by atoms with Crippen molar-refractivity contribution >= 4 is 5.78 Å². The Morgan fingerprint density at radius 2 is 0.838 bits per heavy atom. The van der Waals surface area contributed by atoms with Crippen LogP contribution in [0, 0.1) is 20.5 Å². The van der Waals surface area contributed by atoms with Gasteiger partial charge in [-0.2, -0.15) is 0 Å². The molecule has 0 aliphatic carbocycles.